The minimum atomic E-state index is -0.511. The molecule has 2 rings (SSSR count). The van der Waals surface area contributed by atoms with E-state index in [1.165, 1.54) is 0 Å². The van der Waals surface area contributed by atoms with E-state index in [1.54, 1.807) is 12.1 Å². The van der Waals surface area contributed by atoms with Gasteiger partial charge in [-0.05, 0) is 43.5 Å². The van der Waals surface area contributed by atoms with Gasteiger partial charge in [0, 0.05) is 19.7 Å². The molecule has 0 aliphatic carbocycles. The van der Waals surface area contributed by atoms with Crippen molar-refractivity contribution in [2.45, 2.75) is 38.4 Å². The van der Waals surface area contributed by atoms with Gasteiger partial charge in [-0.1, -0.05) is 19.1 Å². The molecule has 114 valence electrons. The van der Waals surface area contributed by atoms with E-state index < -0.39 is 6.10 Å². The summed E-state index contributed by atoms with van der Waals surface area (Å²) in [4.78, 5) is 2.27. The maximum absolute atomic E-state index is 10.3. The summed E-state index contributed by atoms with van der Waals surface area (Å²) in [5.41, 5.74) is 1.49. The first kappa shape index (κ1) is 16.0. The monoisotopic (exact) mass is 288 g/mol. The van der Waals surface area contributed by atoms with E-state index in [4.69, 9.17) is 10.00 Å². The Morgan fingerprint density at radius 1 is 1.43 bits per heavy atom. The summed E-state index contributed by atoms with van der Waals surface area (Å²) < 4.78 is 5.82. The molecule has 0 spiro atoms. The highest BCUT2D eigenvalue weighted by molar-refractivity contribution is 5.32. The van der Waals surface area contributed by atoms with Crippen LogP contribution in [-0.4, -0.2) is 42.4 Å². The Hall–Kier alpha value is -1.41. The second-order valence-electron chi connectivity index (χ2n) is 5.64. The molecule has 0 bridgehead atoms. The Morgan fingerprint density at radius 3 is 2.86 bits per heavy atom. The number of hydrogen-bond donors (Lipinski definition) is 1. The van der Waals surface area contributed by atoms with Crippen molar-refractivity contribution in [2.24, 2.45) is 0 Å². The normalized spacial score (nSPS) is 20.9. The van der Waals surface area contributed by atoms with Gasteiger partial charge in [0.1, 0.15) is 0 Å². The summed E-state index contributed by atoms with van der Waals surface area (Å²) in [6.07, 6.45) is 3.07. The molecule has 2 atom stereocenters. The second-order valence-corrected chi connectivity index (χ2v) is 5.64. The van der Waals surface area contributed by atoms with E-state index in [2.05, 4.69) is 17.9 Å². The molecule has 4 heteroatoms. The fourth-order valence-electron chi connectivity index (χ4n) is 2.73. The van der Waals surface area contributed by atoms with Crippen LogP contribution in [0.25, 0.3) is 0 Å². The smallest absolute Gasteiger partial charge is 0.0991 e. The third-order valence-corrected chi connectivity index (χ3v) is 3.88. The van der Waals surface area contributed by atoms with E-state index in [0.29, 0.717) is 18.2 Å². The molecular formula is C17H24N2O2. The Balaban J connectivity index is 1.86. The average molecular weight is 288 g/mol. The fraction of sp³-hybridized carbons (Fsp3) is 0.588. The molecule has 1 aliphatic heterocycles. The molecule has 1 saturated heterocycles. The summed E-state index contributed by atoms with van der Waals surface area (Å²) >= 11 is 0. The summed E-state index contributed by atoms with van der Waals surface area (Å²) in [6, 6.07) is 9.26. The molecule has 21 heavy (non-hydrogen) atoms. The van der Waals surface area contributed by atoms with Gasteiger partial charge in [0.2, 0.25) is 0 Å². The Bertz CT molecular complexity index is 467. The maximum Gasteiger partial charge on any atom is 0.0991 e. The molecule has 4 nitrogen and oxygen atoms in total. The van der Waals surface area contributed by atoms with Crippen LogP contribution < -0.4 is 0 Å². The van der Waals surface area contributed by atoms with Crippen molar-refractivity contribution in [3.05, 3.63) is 35.4 Å². The van der Waals surface area contributed by atoms with Crippen molar-refractivity contribution in [2.75, 3.05) is 26.2 Å². The van der Waals surface area contributed by atoms with Crippen molar-refractivity contribution in [3.8, 4) is 6.07 Å². The van der Waals surface area contributed by atoms with Gasteiger partial charge in [-0.15, -0.1) is 0 Å². The van der Waals surface area contributed by atoms with Gasteiger partial charge in [0.25, 0.3) is 0 Å². The van der Waals surface area contributed by atoms with Crippen LogP contribution in [0.5, 0.6) is 0 Å². The lowest BCUT2D eigenvalue weighted by atomic mass is 10.0. The zero-order chi connectivity index (χ0) is 15.1. The third kappa shape index (κ3) is 4.82. The molecule has 1 N–H and O–H groups in total. The quantitative estimate of drug-likeness (QED) is 0.873. The van der Waals surface area contributed by atoms with Gasteiger partial charge >= 0.3 is 0 Å². The molecule has 1 aromatic carbocycles. The predicted molar refractivity (Wildman–Crippen MR) is 81.8 cm³/mol. The fourth-order valence-corrected chi connectivity index (χ4v) is 2.73. The lowest BCUT2D eigenvalue weighted by Gasteiger charge is -2.33. The number of ether oxygens (including phenoxy) is 1. The number of piperidine rings is 1. The average Bonchev–Trinajstić information content (AvgIpc) is 2.53. The predicted octanol–water partition coefficient (Wildman–Crippen LogP) is 2.48. The topological polar surface area (TPSA) is 56.5 Å². The van der Waals surface area contributed by atoms with Crippen LogP contribution in [0.1, 0.15) is 43.4 Å². The van der Waals surface area contributed by atoms with Gasteiger partial charge < -0.3 is 9.84 Å². The Labute approximate surface area is 127 Å². The zero-order valence-electron chi connectivity index (χ0n) is 12.7. The largest absolute Gasteiger partial charge is 0.387 e. The lowest BCUT2D eigenvalue weighted by Crippen LogP contribution is -2.41. The summed E-state index contributed by atoms with van der Waals surface area (Å²) in [6.45, 7) is 5.47. The number of rotatable bonds is 6. The Morgan fingerprint density at radius 2 is 2.19 bits per heavy atom. The first-order valence-electron chi connectivity index (χ1n) is 7.75. The molecule has 0 radical (unpaired) electrons. The standard InChI is InChI=1S/C17H24N2O2/c1-2-10-21-16-4-3-9-19(12-16)13-17(20)15-7-5-14(11-18)6-8-15/h5-8,16-17,20H,2-4,9-10,12-13H2,1H3. The molecule has 1 aliphatic rings. The maximum atomic E-state index is 10.3. The van der Waals surface area contributed by atoms with Crippen LogP contribution in [0.15, 0.2) is 24.3 Å². The number of hydrogen-bond acceptors (Lipinski definition) is 4. The summed E-state index contributed by atoms with van der Waals surface area (Å²) in [5, 5.41) is 19.1. The van der Waals surface area contributed by atoms with Crippen molar-refractivity contribution >= 4 is 0 Å². The number of aliphatic hydroxyl groups is 1. The number of nitrogens with zero attached hydrogens (tertiary/aromatic N) is 2. The van der Waals surface area contributed by atoms with Crippen LogP contribution >= 0.6 is 0 Å². The number of benzene rings is 1. The highest BCUT2D eigenvalue weighted by atomic mass is 16.5. The van der Waals surface area contributed by atoms with Crippen molar-refractivity contribution < 1.29 is 9.84 Å². The van der Waals surface area contributed by atoms with Crippen LogP contribution in [0.3, 0.4) is 0 Å². The number of aliphatic hydroxyl groups excluding tert-OH is 1. The van der Waals surface area contributed by atoms with Crippen molar-refractivity contribution in [1.82, 2.24) is 4.90 Å². The highest BCUT2D eigenvalue weighted by Gasteiger charge is 2.22. The molecular weight excluding hydrogens is 264 g/mol. The van der Waals surface area contributed by atoms with Gasteiger partial charge in [-0.2, -0.15) is 5.26 Å². The van der Waals surface area contributed by atoms with Crippen LogP contribution in [-0.2, 0) is 4.74 Å². The second kappa shape index (κ2) is 8.14. The van der Waals surface area contributed by atoms with Gasteiger partial charge in [-0.3, -0.25) is 4.90 Å². The SMILES string of the molecule is CCCOC1CCCN(CC(O)c2ccc(C#N)cc2)C1. The van der Waals surface area contributed by atoms with Crippen LogP contribution in [0.4, 0.5) is 0 Å². The molecule has 0 amide bonds. The van der Waals surface area contributed by atoms with E-state index in [-0.39, 0.29) is 0 Å². The highest BCUT2D eigenvalue weighted by Crippen LogP contribution is 2.19. The molecule has 2 unspecified atom stereocenters. The minimum Gasteiger partial charge on any atom is -0.387 e. The van der Waals surface area contributed by atoms with Crippen LogP contribution in [0, 0.1) is 11.3 Å². The lowest BCUT2D eigenvalue weighted by molar-refractivity contribution is -0.0119. The first-order valence-corrected chi connectivity index (χ1v) is 7.75. The Kier molecular flexibility index (Phi) is 6.19. The molecule has 1 aromatic rings. The van der Waals surface area contributed by atoms with E-state index >= 15 is 0 Å². The van der Waals surface area contributed by atoms with Gasteiger partial charge in [0.15, 0.2) is 0 Å². The van der Waals surface area contributed by atoms with Gasteiger partial charge in [-0.25, -0.2) is 0 Å². The number of nitriles is 1. The van der Waals surface area contributed by atoms with Gasteiger partial charge in [0.05, 0.1) is 23.8 Å². The summed E-state index contributed by atoms with van der Waals surface area (Å²) in [7, 11) is 0. The molecule has 1 fully saturated rings. The number of likely N-dealkylation sites (tertiary alicyclic amines) is 1. The minimum absolute atomic E-state index is 0.298. The third-order valence-electron chi connectivity index (χ3n) is 3.88. The van der Waals surface area contributed by atoms with Crippen molar-refractivity contribution in [1.29, 1.82) is 5.26 Å². The molecule has 1 heterocycles. The van der Waals surface area contributed by atoms with Crippen LogP contribution in [0.2, 0.25) is 0 Å². The molecule has 0 aromatic heterocycles. The summed E-state index contributed by atoms with van der Waals surface area (Å²) in [5.74, 6) is 0. The van der Waals surface area contributed by atoms with E-state index in [0.717, 1.165) is 44.5 Å². The number of β-amino-alcohol motifs (C(OH)–C–C–N with tert-alkyl or cyclic N) is 1. The first-order chi connectivity index (χ1) is 10.2. The molecule has 0 saturated carbocycles. The van der Waals surface area contributed by atoms with E-state index in [9.17, 15) is 5.11 Å². The van der Waals surface area contributed by atoms with E-state index in [1.807, 2.05) is 12.1 Å². The zero-order valence-corrected chi connectivity index (χ0v) is 12.7. The van der Waals surface area contributed by atoms with Crippen molar-refractivity contribution in [3.63, 3.8) is 0 Å².